The predicted molar refractivity (Wildman–Crippen MR) is 134 cm³/mol. The van der Waals surface area contributed by atoms with Crippen LogP contribution in [0.25, 0.3) is 12.2 Å². The largest absolute Gasteiger partial charge is 0.378 e. The number of hydrogen-bond acceptors (Lipinski definition) is 3. The number of Topliss-reactive ketones (excluding diaryl/α,β-unsaturated/α-hetero) is 1. The summed E-state index contributed by atoms with van der Waals surface area (Å²) in [7, 11) is 8.15. The van der Waals surface area contributed by atoms with E-state index in [0.29, 0.717) is 0 Å². The van der Waals surface area contributed by atoms with Crippen LogP contribution in [0.3, 0.4) is 0 Å². The first-order chi connectivity index (χ1) is 14.8. The number of rotatable bonds is 6. The van der Waals surface area contributed by atoms with Crippen LogP contribution in [0.2, 0.25) is 0 Å². The molecule has 0 spiro atoms. The van der Waals surface area contributed by atoms with E-state index in [4.69, 9.17) is 0 Å². The summed E-state index contributed by atoms with van der Waals surface area (Å²) in [5, 5.41) is 0. The minimum atomic E-state index is 0.184. The zero-order valence-corrected chi connectivity index (χ0v) is 19.9. The molecule has 0 atom stereocenters. The number of carbonyl (C=O) groups excluding carboxylic acids is 1. The molecule has 3 rings (SSSR count). The monoisotopic (exact) mass is 418 g/mol. The number of ketones is 1. The molecule has 164 valence electrons. The number of quaternary nitrogens is 1. The summed E-state index contributed by atoms with van der Waals surface area (Å²) in [6, 6.07) is 16.8. The third-order valence-electron chi connectivity index (χ3n) is 6.44. The van der Waals surface area contributed by atoms with Crippen LogP contribution in [0.4, 0.5) is 11.4 Å². The number of benzene rings is 2. The molecule has 0 N–H and O–H groups in total. The molecule has 2 aromatic carbocycles. The molecule has 4 heteroatoms. The molecule has 0 amide bonds. The molecule has 1 fully saturated rings. The molecule has 31 heavy (non-hydrogen) atoms. The van der Waals surface area contributed by atoms with Crippen LogP contribution >= 0.6 is 0 Å². The fourth-order valence-electron chi connectivity index (χ4n) is 4.16. The van der Waals surface area contributed by atoms with Crippen molar-refractivity contribution in [3.8, 4) is 0 Å². The highest BCUT2D eigenvalue weighted by atomic mass is 16.1. The van der Waals surface area contributed by atoms with E-state index in [-0.39, 0.29) is 5.78 Å². The summed E-state index contributed by atoms with van der Waals surface area (Å²) in [6.45, 7) is 8.06. The summed E-state index contributed by atoms with van der Waals surface area (Å²) in [5.41, 5.74) is 6.29. The Morgan fingerprint density at radius 1 is 0.710 bits per heavy atom. The molecule has 0 aromatic heterocycles. The lowest BCUT2D eigenvalue weighted by Gasteiger charge is -2.41. The molecular weight excluding hydrogens is 382 g/mol. The smallest absolute Gasteiger partial charge is 0.196 e. The Morgan fingerprint density at radius 3 is 1.35 bits per heavy atom. The van der Waals surface area contributed by atoms with Crippen LogP contribution < -0.4 is 9.80 Å². The van der Waals surface area contributed by atoms with Crippen molar-refractivity contribution in [2.45, 2.75) is 13.8 Å². The van der Waals surface area contributed by atoms with Crippen LogP contribution in [0, 0.1) is 0 Å². The van der Waals surface area contributed by atoms with E-state index in [2.05, 4.69) is 84.3 Å². The normalized spacial score (nSPS) is 18.5. The van der Waals surface area contributed by atoms with Gasteiger partial charge in [-0.2, -0.15) is 0 Å². The fourth-order valence-corrected chi connectivity index (χ4v) is 4.16. The first kappa shape index (κ1) is 22.8. The second-order valence-corrected chi connectivity index (χ2v) is 8.93. The minimum absolute atomic E-state index is 0.184. The van der Waals surface area contributed by atoms with Crippen molar-refractivity contribution < 1.29 is 9.28 Å². The SMILES string of the molecule is CC[N+]1(CC)C/C(=C\c2ccc(N(C)C)cc2)C(=O)/C(=C/c2ccc(N(C)C)cc2)C1. The molecule has 4 nitrogen and oxygen atoms in total. The van der Waals surface area contributed by atoms with E-state index in [0.717, 1.165) is 64.3 Å². The molecule has 0 radical (unpaired) electrons. The number of nitrogens with zero attached hydrogens (tertiary/aromatic N) is 3. The van der Waals surface area contributed by atoms with Crippen molar-refractivity contribution in [3.63, 3.8) is 0 Å². The van der Waals surface area contributed by atoms with Crippen molar-refractivity contribution in [2.24, 2.45) is 0 Å². The van der Waals surface area contributed by atoms with Crippen molar-refractivity contribution >= 4 is 29.3 Å². The first-order valence-electron chi connectivity index (χ1n) is 11.1. The van der Waals surface area contributed by atoms with E-state index in [9.17, 15) is 4.79 Å². The quantitative estimate of drug-likeness (QED) is 0.501. The van der Waals surface area contributed by atoms with Crippen LogP contribution in [0.5, 0.6) is 0 Å². The van der Waals surface area contributed by atoms with Gasteiger partial charge in [0.05, 0.1) is 24.2 Å². The molecule has 0 saturated carbocycles. The lowest BCUT2D eigenvalue weighted by molar-refractivity contribution is -0.916. The van der Waals surface area contributed by atoms with E-state index in [1.165, 1.54) is 0 Å². The lowest BCUT2D eigenvalue weighted by atomic mass is 9.92. The predicted octanol–water partition coefficient (Wildman–Crippen LogP) is 4.72. The molecular formula is C27H36N3O+. The van der Waals surface area contributed by atoms with Crippen LogP contribution in [-0.2, 0) is 4.79 Å². The van der Waals surface area contributed by atoms with Gasteiger partial charge in [-0.3, -0.25) is 4.79 Å². The van der Waals surface area contributed by atoms with E-state index < -0.39 is 0 Å². The average Bonchev–Trinajstić information content (AvgIpc) is 2.77. The van der Waals surface area contributed by atoms with Gasteiger partial charge in [-0.05, 0) is 61.4 Å². The molecule has 2 aromatic rings. The fraction of sp³-hybridized carbons (Fsp3) is 0.370. The third-order valence-corrected chi connectivity index (χ3v) is 6.44. The Morgan fingerprint density at radius 2 is 1.06 bits per heavy atom. The highest BCUT2D eigenvalue weighted by Gasteiger charge is 2.36. The summed E-state index contributed by atoms with van der Waals surface area (Å²) < 4.78 is 0.912. The number of piperidine rings is 1. The van der Waals surface area contributed by atoms with Gasteiger partial charge in [-0.25, -0.2) is 0 Å². The van der Waals surface area contributed by atoms with Crippen molar-refractivity contribution in [2.75, 3.05) is 64.2 Å². The molecule has 1 aliphatic heterocycles. The zero-order valence-electron chi connectivity index (χ0n) is 19.9. The maximum absolute atomic E-state index is 13.4. The summed E-state index contributed by atoms with van der Waals surface area (Å²) >= 11 is 0. The highest BCUT2D eigenvalue weighted by Crippen LogP contribution is 2.28. The molecule has 1 heterocycles. The number of likely N-dealkylation sites (N-methyl/N-ethyl adjacent to an activating group) is 1. The Labute approximate surface area is 187 Å². The number of hydrogen-bond donors (Lipinski definition) is 0. The van der Waals surface area contributed by atoms with Gasteiger partial charge in [0, 0.05) is 39.6 Å². The van der Waals surface area contributed by atoms with Gasteiger partial charge in [0.25, 0.3) is 0 Å². The van der Waals surface area contributed by atoms with E-state index in [1.807, 2.05) is 28.2 Å². The number of anilines is 2. The van der Waals surface area contributed by atoms with Gasteiger partial charge in [-0.1, -0.05) is 24.3 Å². The molecule has 1 aliphatic rings. The second-order valence-electron chi connectivity index (χ2n) is 8.93. The van der Waals surface area contributed by atoms with Gasteiger partial charge in [0.1, 0.15) is 13.1 Å². The first-order valence-corrected chi connectivity index (χ1v) is 11.1. The standard InChI is InChI=1S/C27H36N3O/c1-7-30(8-2)19-23(17-21-9-13-25(14-10-21)28(3)4)27(31)24(20-30)18-22-11-15-26(16-12-22)29(5)6/h9-18H,7-8,19-20H2,1-6H3/q+1/b23-17+,24-18+. The van der Waals surface area contributed by atoms with E-state index in [1.54, 1.807) is 0 Å². The topological polar surface area (TPSA) is 23.6 Å². The van der Waals surface area contributed by atoms with Crippen LogP contribution in [0.15, 0.2) is 59.7 Å². The van der Waals surface area contributed by atoms with Crippen molar-refractivity contribution in [3.05, 3.63) is 70.8 Å². The highest BCUT2D eigenvalue weighted by molar-refractivity contribution is 6.14. The number of likely N-dealkylation sites (tertiary alicyclic amines) is 1. The maximum Gasteiger partial charge on any atom is 0.196 e. The lowest BCUT2D eigenvalue weighted by Crippen LogP contribution is -2.54. The Bertz CT molecular complexity index is 887. The van der Waals surface area contributed by atoms with Gasteiger partial charge < -0.3 is 14.3 Å². The van der Waals surface area contributed by atoms with Crippen LogP contribution in [-0.4, -0.2) is 64.6 Å². The summed E-state index contributed by atoms with van der Waals surface area (Å²) in [5.74, 6) is 0.184. The molecule has 1 saturated heterocycles. The van der Waals surface area contributed by atoms with Crippen molar-refractivity contribution in [1.82, 2.24) is 0 Å². The molecule has 0 unspecified atom stereocenters. The molecule has 0 bridgehead atoms. The van der Waals surface area contributed by atoms with Gasteiger partial charge in [0.2, 0.25) is 0 Å². The number of carbonyl (C=O) groups is 1. The zero-order chi connectivity index (χ0) is 22.6. The summed E-state index contributed by atoms with van der Waals surface area (Å²) in [6.07, 6.45) is 4.17. The maximum atomic E-state index is 13.4. The average molecular weight is 419 g/mol. The Hall–Kier alpha value is -2.85. The second kappa shape index (κ2) is 9.52. The third kappa shape index (κ3) is 5.26. The van der Waals surface area contributed by atoms with Gasteiger partial charge in [-0.15, -0.1) is 0 Å². The summed E-state index contributed by atoms with van der Waals surface area (Å²) in [4.78, 5) is 17.6. The Kier molecular flexibility index (Phi) is 7.01. The Balaban J connectivity index is 1.97. The van der Waals surface area contributed by atoms with Gasteiger partial charge >= 0.3 is 0 Å². The van der Waals surface area contributed by atoms with Gasteiger partial charge in [0.15, 0.2) is 5.78 Å². The van der Waals surface area contributed by atoms with Crippen LogP contribution in [0.1, 0.15) is 25.0 Å². The molecule has 0 aliphatic carbocycles. The van der Waals surface area contributed by atoms with Crippen molar-refractivity contribution in [1.29, 1.82) is 0 Å². The minimum Gasteiger partial charge on any atom is -0.378 e. The van der Waals surface area contributed by atoms with E-state index >= 15 is 0 Å².